The summed E-state index contributed by atoms with van der Waals surface area (Å²) in [5, 5.41) is 13.4. The minimum Gasteiger partial charge on any atom is -0.354 e. The van der Waals surface area contributed by atoms with E-state index in [-0.39, 0.29) is 24.3 Å². The van der Waals surface area contributed by atoms with E-state index in [1.807, 2.05) is 38.1 Å². The summed E-state index contributed by atoms with van der Waals surface area (Å²) in [5.41, 5.74) is 1.58. The van der Waals surface area contributed by atoms with E-state index in [9.17, 15) is 9.59 Å². The highest BCUT2D eigenvalue weighted by Gasteiger charge is 2.09. The summed E-state index contributed by atoms with van der Waals surface area (Å²) >= 11 is 0. The van der Waals surface area contributed by atoms with Crippen molar-refractivity contribution in [2.45, 2.75) is 20.4 Å². The molecule has 0 aliphatic heterocycles. The van der Waals surface area contributed by atoms with E-state index < -0.39 is 0 Å². The second-order valence-electron chi connectivity index (χ2n) is 5.03. The molecule has 0 spiro atoms. The molecular formula is C14H19N5O2. The highest BCUT2D eigenvalue weighted by atomic mass is 16.2. The molecule has 0 saturated carbocycles. The van der Waals surface area contributed by atoms with E-state index in [1.165, 1.54) is 0 Å². The molecule has 0 atom stereocenters. The van der Waals surface area contributed by atoms with Crippen LogP contribution in [0.1, 0.15) is 13.8 Å². The molecule has 0 radical (unpaired) electrons. The van der Waals surface area contributed by atoms with Gasteiger partial charge in [0, 0.05) is 19.0 Å². The number of hydrogen-bond acceptors (Lipinski definition) is 4. The summed E-state index contributed by atoms with van der Waals surface area (Å²) in [6.07, 6.45) is 0. The van der Waals surface area contributed by atoms with Crippen LogP contribution < -0.4 is 10.6 Å². The van der Waals surface area contributed by atoms with Crippen molar-refractivity contribution in [2.24, 2.45) is 5.92 Å². The largest absolute Gasteiger partial charge is 0.354 e. The molecular weight excluding hydrogens is 270 g/mol. The summed E-state index contributed by atoms with van der Waals surface area (Å²) in [6, 6.07) is 7.46. The van der Waals surface area contributed by atoms with Gasteiger partial charge in [-0.2, -0.15) is 0 Å². The van der Waals surface area contributed by atoms with Gasteiger partial charge in [0.15, 0.2) is 0 Å². The first-order valence-electron chi connectivity index (χ1n) is 6.90. The predicted molar refractivity (Wildman–Crippen MR) is 78.4 cm³/mol. The lowest BCUT2D eigenvalue weighted by Gasteiger charge is -2.08. The third-order valence-corrected chi connectivity index (χ3v) is 2.98. The van der Waals surface area contributed by atoms with Crippen molar-refractivity contribution in [2.75, 3.05) is 13.1 Å². The molecule has 0 aliphatic carbocycles. The lowest BCUT2D eigenvalue weighted by molar-refractivity contribution is -0.125. The van der Waals surface area contributed by atoms with Gasteiger partial charge in [-0.15, -0.1) is 5.10 Å². The molecule has 1 aromatic carbocycles. The quantitative estimate of drug-likeness (QED) is 0.750. The summed E-state index contributed by atoms with van der Waals surface area (Å²) in [5.74, 6) is -0.238. The monoisotopic (exact) mass is 289 g/mol. The topological polar surface area (TPSA) is 88.9 Å². The average Bonchev–Trinajstić information content (AvgIpc) is 2.86. The fourth-order valence-corrected chi connectivity index (χ4v) is 1.82. The van der Waals surface area contributed by atoms with E-state index >= 15 is 0 Å². The zero-order chi connectivity index (χ0) is 15.2. The van der Waals surface area contributed by atoms with Crippen LogP contribution in [-0.2, 0) is 16.1 Å². The molecule has 2 amide bonds. The van der Waals surface area contributed by atoms with Gasteiger partial charge in [-0.3, -0.25) is 9.59 Å². The summed E-state index contributed by atoms with van der Waals surface area (Å²) in [4.78, 5) is 23.2. The first kappa shape index (κ1) is 15.0. The molecule has 1 aromatic heterocycles. The Balaban J connectivity index is 1.79. The van der Waals surface area contributed by atoms with Gasteiger partial charge in [0.2, 0.25) is 11.8 Å². The minimum atomic E-state index is -0.163. The fourth-order valence-electron chi connectivity index (χ4n) is 1.82. The van der Waals surface area contributed by atoms with Crippen LogP contribution in [0.15, 0.2) is 24.3 Å². The second kappa shape index (κ2) is 6.83. The van der Waals surface area contributed by atoms with Crippen LogP contribution in [0.5, 0.6) is 0 Å². The maximum atomic E-state index is 11.8. The van der Waals surface area contributed by atoms with E-state index in [2.05, 4.69) is 20.9 Å². The number of nitrogens with one attached hydrogen (secondary N) is 2. The molecule has 2 rings (SSSR count). The van der Waals surface area contributed by atoms with Crippen LogP contribution in [-0.4, -0.2) is 39.9 Å². The van der Waals surface area contributed by atoms with Crippen molar-refractivity contribution in [3.63, 3.8) is 0 Å². The fraction of sp³-hybridized carbons (Fsp3) is 0.429. The number of benzene rings is 1. The van der Waals surface area contributed by atoms with Gasteiger partial charge >= 0.3 is 0 Å². The van der Waals surface area contributed by atoms with Gasteiger partial charge in [0.1, 0.15) is 12.1 Å². The number of fused-ring (bicyclic) bond motifs is 1. The Kier molecular flexibility index (Phi) is 4.86. The predicted octanol–water partition coefficient (Wildman–Crippen LogP) is 0.320. The van der Waals surface area contributed by atoms with Crippen LogP contribution in [0.25, 0.3) is 11.0 Å². The Morgan fingerprint density at radius 2 is 1.90 bits per heavy atom. The summed E-state index contributed by atoms with van der Waals surface area (Å²) in [6.45, 7) is 4.57. The highest BCUT2D eigenvalue weighted by Crippen LogP contribution is 2.08. The minimum absolute atomic E-state index is 0.0217. The molecule has 1 heterocycles. The molecule has 0 unspecified atom stereocenters. The first-order chi connectivity index (χ1) is 10.1. The molecule has 0 aliphatic rings. The van der Waals surface area contributed by atoms with Crippen molar-refractivity contribution in [3.05, 3.63) is 24.3 Å². The Morgan fingerprint density at radius 1 is 1.19 bits per heavy atom. The number of aromatic nitrogens is 3. The standard InChI is InChI=1S/C14H19N5O2/c1-10(2)14(21)16-8-7-15-13(20)9-19-12-6-4-3-5-11(12)17-18-19/h3-6,10H,7-9H2,1-2H3,(H,15,20)(H,16,21). The molecule has 112 valence electrons. The summed E-state index contributed by atoms with van der Waals surface area (Å²) < 4.78 is 1.55. The second-order valence-corrected chi connectivity index (χ2v) is 5.03. The Bertz CT molecular complexity index is 635. The van der Waals surface area contributed by atoms with Crippen molar-refractivity contribution in [1.82, 2.24) is 25.6 Å². The molecule has 2 N–H and O–H groups in total. The number of para-hydroxylation sites is 1. The maximum Gasteiger partial charge on any atom is 0.241 e. The van der Waals surface area contributed by atoms with Crippen molar-refractivity contribution in [3.8, 4) is 0 Å². The maximum absolute atomic E-state index is 11.8. The number of carbonyl (C=O) groups excluding carboxylic acids is 2. The van der Waals surface area contributed by atoms with E-state index in [0.717, 1.165) is 11.0 Å². The van der Waals surface area contributed by atoms with Crippen molar-refractivity contribution >= 4 is 22.8 Å². The zero-order valence-corrected chi connectivity index (χ0v) is 12.2. The van der Waals surface area contributed by atoms with E-state index in [1.54, 1.807) is 4.68 Å². The number of rotatable bonds is 6. The van der Waals surface area contributed by atoms with Crippen molar-refractivity contribution < 1.29 is 9.59 Å². The van der Waals surface area contributed by atoms with Crippen LogP contribution in [0.3, 0.4) is 0 Å². The van der Waals surface area contributed by atoms with Gasteiger partial charge in [0.05, 0.1) is 5.52 Å². The number of nitrogens with zero attached hydrogens (tertiary/aromatic N) is 3. The summed E-state index contributed by atoms with van der Waals surface area (Å²) in [7, 11) is 0. The van der Waals surface area contributed by atoms with Gasteiger partial charge in [-0.1, -0.05) is 31.2 Å². The molecule has 2 aromatic rings. The van der Waals surface area contributed by atoms with Crippen molar-refractivity contribution in [1.29, 1.82) is 0 Å². The van der Waals surface area contributed by atoms with Crippen LogP contribution >= 0.6 is 0 Å². The van der Waals surface area contributed by atoms with Crippen LogP contribution in [0.4, 0.5) is 0 Å². The Labute approximate surface area is 122 Å². The normalized spacial score (nSPS) is 10.8. The Hall–Kier alpha value is -2.44. The van der Waals surface area contributed by atoms with Gasteiger partial charge in [0.25, 0.3) is 0 Å². The Morgan fingerprint density at radius 3 is 2.67 bits per heavy atom. The third kappa shape index (κ3) is 4.01. The van der Waals surface area contributed by atoms with Crippen LogP contribution in [0.2, 0.25) is 0 Å². The van der Waals surface area contributed by atoms with Gasteiger partial charge in [-0.25, -0.2) is 4.68 Å². The number of amides is 2. The lowest BCUT2D eigenvalue weighted by Crippen LogP contribution is -2.37. The van der Waals surface area contributed by atoms with Gasteiger partial charge < -0.3 is 10.6 Å². The first-order valence-corrected chi connectivity index (χ1v) is 6.90. The number of carbonyl (C=O) groups is 2. The molecule has 0 bridgehead atoms. The lowest BCUT2D eigenvalue weighted by atomic mass is 10.2. The molecule has 0 saturated heterocycles. The van der Waals surface area contributed by atoms with E-state index in [4.69, 9.17) is 0 Å². The molecule has 21 heavy (non-hydrogen) atoms. The van der Waals surface area contributed by atoms with E-state index in [0.29, 0.717) is 13.1 Å². The number of hydrogen-bond donors (Lipinski definition) is 2. The average molecular weight is 289 g/mol. The SMILES string of the molecule is CC(C)C(=O)NCCNC(=O)Cn1nnc2ccccc21. The van der Waals surface area contributed by atoms with Crippen LogP contribution in [0, 0.1) is 5.92 Å². The smallest absolute Gasteiger partial charge is 0.241 e. The molecule has 7 heteroatoms. The van der Waals surface area contributed by atoms with Gasteiger partial charge in [-0.05, 0) is 12.1 Å². The molecule has 0 fully saturated rings. The molecule has 7 nitrogen and oxygen atoms in total. The third-order valence-electron chi connectivity index (χ3n) is 2.98. The zero-order valence-electron chi connectivity index (χ0n) is 12.2. The highest BCUT2D eigenvalue weighted by molar-refractivity contribution is 5.80.